The van der Waals surface area contributed by atoms with Crippen LogP contribution in [-0.2, 0) is 9.59 Å². The van der Waals surface area contributed by atoms with Crippen LogP contribution < -0.4 is 4.90 Å². The lowest BCUT2D eigenvalue weighted by Crippen LogP contribution is -2.25. The largest absolute Gasteiger partial charge is 0.387 e. The number of carbonyl (C=O) groups is 2. The Hall–Kier alpha value is -2.31. The lowest BCUT2D eigenvalue weighted by atomic mass is 10.3. The SMILES string of the molecule is O=C1CC(=O)N(c2cccnc2[N+](=O)[O-])C1. The second kappa shape index (κ2) is 3.69. The van der Waals surface area contributed by atoms with Crippen molar-refractivity contribution in [1.82, 2.24) is 4.98 Å². The van der Waals surface area contributed by atoms with Crippen molar-refractivity contribution in [2.24, 2.45) is 0 Å². The number of carbonyl (C=O) groups excluding carboxylic acids is 2. The fraction of sp³-hybridized carbons (Fsp3) is 0.222. The predicted molar refractivity (Wildman–Crippen MR) is 52.9 cm³/mol. The molecule has 0 atom stereocenters. The molecule has 0 saturated carbocycles. The number of pyridine rings is 1. The van der Waals surface area contributed by atoms with E-state index < -0.39 is 16.6 Å². The number of nitrogens with zero attached hydrogens (tertiary/aromatic N) is 3. The van der Waals surface area contributed by atoms with Crippen molar-refractivity contribution in [3.8, 4) is 0 Å². The van der Waals surface area contributed by atoms with E-state index in [0.29, 0.717) is 0 Å². The van der Waals surface area contributed by atoms with Gasteiger partial charge in [-0.25, -0.2) is 0 Å². The van der Waals surface area contributed by atoms with Gasteiger partial charge in [0, 0.05) is 0 Å². The first kappa shape index (κ1) is 10.2. The van der Waals surface area contributed by atoms with Crippen LogP contribution in [0.4, 0.5) is 11.5 Å². The lowest BCUT2D eigenvalue weighted by molar-refractivity contribution is -0.388. The number of ketones is 1. The standard InChI is InChI=1S/C9H7N3O4/c13-6-4-8(14)11(5-6)7-2-1-3-10-9(7)12(15)16/h1-3H,4-5H2. The third-order valence-electron chi connectivity index (χ3n) is 2.21. The van der Waals surface area contributed by atoms with Crippen molar-refractivity contribution in [3.05, 3.63) is 28.4 Å². The molecule has 2 rings (SSSR count). The van der Waals surface area contributed by atoms with Crippen LogP contribution >= 0.6 is 0 Å². The molecule has 7 nitrogen and oxygen atoms in total. The molecule has 0 spiro atoms. The molecule has 1 aliphatic rings. The van der Waals surface area contributed by atoms with Gasteiger partial charge in [0.2, 0.25) is 5.91 Å². The molecule has 0 N–H and O–H groups in total. The second-order valence-electron chi connectivity index (χ2n) is 3.30. The normalized spacial score (nSPS) is 15.6. The Bertz CT molecular complexity index is 485. The number of nitro groups is 1. The van der Waals surface area contributed by atoms with Crippen LogP contribution in [0.2, 0.25) is 0 Å². The Morgan fingerprint density at radius 2 is 2.19 bits per heavy atom. The molecule has 1 aliphatic heterocycles. The first-order valence-corrected chi connectivity index (χ1v) is 4.51. The van der Waals surface area contributed by atoms with E-state index in [0.717, 1.165) is 4.90 Å². The molecule has 0 aliphatic carbocycles. The summed E-state index contributed by atoms with van der Waals surface area (Å²) in [6, 6.07) is 2.89. The zero-order valence-electron chi connectivity index (χ0n) is 8.12. The Morgan fingerprint density at radius 1 is 1.44 bits per heavy atom. The Labute approximate surface area is 89.8 Å². The third-order valence-corrected chi connectivity index (χ3v) is 2.21. The van der Waals surface area contributed by atoms with Crippen molar-refractivity contribution >= 4 is 23.2 Å². The molecule has 1 aromatic rings. The molecule has 0 aromatic carbocycles. The summed E-state index contributed by atoms with van der Waals surface area (Å²) in [7, 11) is 0. The molecular weight excluding hydrogens is 214 g/mol. The maximum atomic E-state index is 11.4. The van der Waals surface area contributed by atoms with Crippen molar-refractivity contribution < 1.29 is 14.5 Å². The summed E-state index contributed by atoms with van der Waals surface area (Å²) in [4.78, 5) is 37.2. The van der Waals surface area contributed by atoms with Gasteiger partial charge in [0.15, 0.2) is 5.78 Å². The van der Waals surface area contributed by atoms with E-state index in [2.05, 4.69) is 4.98 Å². The zero-order valence-corrected chi connectivity index (χ0v) is 8.12. The summed E-state index contributed by atoms with van der Waals surface area (Å²) in [6.45, 7) is -0.120. The van der Waals surface area contributed by atoms with Gasteiger partial charge in [0.1, 0.15) is 11.9 Å². The van der Waals surface area contributed by atoms with Gasteiger partial charge < -0.3 is 10.1 Å². The average molecular weight is 221 g/mol. The van der Waals surface area contributed by atoms with Gasteiger partial charge in [-0.05, 0) is 22.0 Å². The van der Waals surface area contributed by atoms with Gasteiger partial charge >= 0.3 is 5.82 Å². The van der Waals surface area contributed by atoms with Crippen molar-refractivity contribution in [2.75, 3.05) is 11.4 Å². The quantitative estimate of drug-likeness (QED) is 0.406. The van der Waals surface area contributed by atoms with Gasteiger partial charge in [-0.3, -0.25) is 14.5 Å². The molecule has 1 fully saturated rings. The van der Waals surface area contributed by atoms with E-state index in [4.69, 9.17) is 0 Å². The molecular formula is C9H7N3O4. The minimum Gasteiger partial charge on any atom is -0.358 e. The minimum atomic E-state index is -0.675. The topological polar surface area (TPSA) is 93.4 Å². The summed E-state index contributed by atoms with van der Waals surface area (Å²) in [5.74, 6) is -1.09. The van der Waals surface area contributed by atoms with Crippen LogP contribution in [0.5, 0.6) is 0 Å². The summed E-state index contributed by atoms with van der Waals surface area (Å²) >= 11 is 0. The first-order valence-electron chi connectivity index (χ1n) is 4.51. The molecule has 1 saturated heterocycles. The van der Waals surface area contributed by atoms with Crippen LogP contribution in [-0.4, -0.2) is 28.1 Å². The van der Waals surface area contributed by atoms with E-state index in [-0.39, 0.29) is 24.4 Å². The average Bonchev–Trinajstić information content (AvgIpc) is 2.57. The number of Topliss-reactive ketones (excluding diaryl/α,β-unsaturated/α-hetero) is 1. The predicted octanol–water partition coefficient (Wildman–Crippen LogP) is 0.296. The highest BCUT2D eigenvalue weighted by Crippen LogP contribution is 2.27. The molecule has 82 valence electrons. The van der Waals surface area contributed by atoms with Gasteiger partial charge in [-0.2, -0.15) is 0 Å². The van der Waals surface area contributed by atoms with E-state index in [1.165, 1.54) is 18.3 Å². The molecule has 0 unspecified atom stereocenters. The lowest BCUT2D eigenvalue weighted by Gasteiger charge is -2.13. The fourth-order valence-electron chi connectivity index (χ4n) is 1.54. The molecule has 0 bridgehead atoms. The first-order chi connectivity index (χ1) is 7.59. The summed E-state index contributed by atoms with van der Waals surface area (Å²) in [5.41, 5.74) is 0.0725. The van der Waals surface area contributed by atoms with E-state index in [1.807, 2.05) is 0 Å². The van der Waals surface area contributed by atoms with Crippen LogP contribution in [0.1, 0.15) is 6.42 Å². The van der Waals surface area contributed by atoms with Gasteiger partial charge in [0.25, 0.3) is 0 Å². The maximum Gasteiger partial charge on any atom is 0.387 e. The molecule has 7 heteroatoms. The number of hydrogen-bond donors (Lipinski definition) is 0. The number of amides is 1. The highest BCUT2D eigenvalue weighted by molar-refractivity contribution is 6.15. The molecule has 16 heavy (non-hydrogen) atoms. The Kier molecular flexibility index (Phi) is 2.35. The fourth-order valence-corrected chi connectivity index (χ4v) is 1.54. The number of hydrogen-bond acceptors (Lipinski definition) is 5. The van der Waals surface area contributed by atoms with Crippen LogP contribution in [0.15, 0.2) is 18.3 Å². The van der Waals surface area contributed by atoms with E-state index in [1.54, 1.807) is 0 Å². The Balaban J connectivity index is 2.44. The van der Waals surface area contributed by atoms with Gasteiger partial charge in [-0.15, -0.1) is 0 Å². The molecule has 0 radical (unpaired) electrons. The van der Waals surface area contributed by atoms with Crippen molar-refractivity contribution in [3.63, 3.8) is 0 Å². The highest BCUT2D eigenvalue weighted by atomic mass is 16.6. The second-order valence-corrected chi connectivity index (χ2v) is 3.30. The Morgan fingerprint density at radius 3 is 2.75 bits per heavy atom. The third kappa shape index (κ3) is 1.62. The maximum absolute atomic E-state index is 11.4. The van der Waals surface area contributed by atoms with Crippen molar-refractivity contribution in [1.29, 1.82) is 0 Å². The summed E-state index contributed by atoms with van der Waals surface area (Å²) in [6.07, 6.45) is 1.07. The van der Waals surface area contributed by atoms with Crippen LogP contribution in [0, 0.1) is 10.1 Å². The number of rotatable bonds is 2. The van der Waals surface area contributed by atoms with E-state index >= 15 is 0 Å². The monoisotopic (exact) mass is 221 g/mol. The summed E-state index contributed by atoms with van der Waals surface area (Å²) in [5, 5.41) is 10.7. The number of aromatic nitrogens is 1. The van der Waals surface area contributed by atoms with Gasteiger partial charge in [-0.1, -0.05) is 0 Å². The zero-order chi connectivity index (χ0) is 11.7. The molecule has 1 amide bonds. The number of anilines is 1. The molecule has 1 aromatic heterocycles. The smallest absolute Gasteiger partial charge is 0.358 e. The summed E-state index contributed by atoms with van der Waals surface area (Å²) < 4.78 is 0. The van der Waals surface area contributed by atoms with Crippen molar-refractivity contribution in [2.45, 2.75) is 6.42 Å². The highest BCUT2D eigenvalue weighted by Gasteiger charge is 2.33. The van der Waals surface area contributed by atoms with Crippen LogP contribution in [0.3, 0.4) is 0 Å². The minimum absolute atomic E-state index is 0.0725. The van der Waals surface area contributed by atoms with E-state index in [9.17, 15) is 19.7 Å². The van der Waals surface area contributed by atoms with Crippen LogP contribution in [0.25, 0.3) is 0 Å². The van der Waals surface area contributed by atoms with Gasteiger partial charge in [0.05, 0.1) is 13.0 Å². The molecule has 2 heterocycles.